The second kappa shape index (κ2) is 4.72. The number of carbonyl (C=O) groups is 1. The van der Waals surface area contributed by atoms with Gasteiger partial charge in [0.1, 0.15) is 11.4 Å². The molecule has 1 rings (SSSR count). The predicted octanol–water partition coefficient (Wildman–Crippen LogP) is -1.20. The Balaban J connectivity index is 3.03. The summed E-state index contributed by atoms with van der Waals surface area (Å²) in [5.41, 5.74) is 5.47. The average molecular weight is 262 g/mol. The van der Waals surface area contributed by atoms with E-state index in [9.17, 15) is 13.2 Å². The number of hydrogen-bond donors (Lipinski definition) is 1. The summed E-state index contributed by atoms with van der Waals surface area (Å²) < 4.78 is 30.5. The van der Waals surface area contributed by atoms with Crippen LogP contribution in [0.15, 0.2) is 11.1 Å². The number of anilines is 1. The lowest BCUT2D eigenvalue weighted by molar-refractivity contribution is -0.140. The Morgan fingerprint density at radius 3 is 2.65 bits per heavy atom. The maximum Gasteiger partial charge on any atom is 0.321 e. The molecule has 9 heteroatoms. The van der Waals surface area contributed by atoms with E-state index in [2.05, 4.69) is 9.84 Å². The van der Waals surface area contributed by atoms with Gasteiger partial charge < -0.3 is 10.5 Å². The second-order valence-corrected chi connectivity index (χ2v) is 5.40. The van der Waals surface area contributed by atoms with Crippen LogP contribution in [0.3, 0.4) is 0 Å². The first kappa shape index (κ1) is 13.5. The van der Waals surface area contributed by atoms with Gasteiger partial charge in [0, 0.05) is 20.3 Å². The van der Waals surface area contributed by atoms with Crippen molar-refractivity contribution in [2.24, 2.45) is 7.05 Å². The number of sulfonamides is 1. The van der Waals surface area contributed by atoms with Crippen LogP contribution in [0.25, 0.3) is 0 Å². The summed E-state index contributed by atoms with van der Waals surface area (Å²) in [5, 5.41) is 3.73. The fourth-order valence-corrected chi connectivity index (χ4v) is 2.38. The molecule has 1 heterocycles. The first-order valence-corrected chi connectivity index (χ1v) is 6.05. The highest BCUT2D eigenvalue weighted by Crippen LogP contribution is 2.19. The van der Waals surface area contributed by atoms with Crippen LogP contribution in [0, 0.1) is 0 Å². The van der Waals surface area contributed by atoms with Crippen LogP contribution >= 0.6 is 0 Å². The quantitative estimate of drug-likeness (QED) is 0.683. The molecule has 0 aliphatic carbocycles. The van der Waals surface area contributed by atoms with E-state index in [1.54, 1.807) is 7.05 Å². The van der Waals surface area contributed by atoms with Gasteiger partial charge in [-0.3, -0.25) is 9.48 Å². The summed E-state index contributed by atoms with van der Waals surface area (Å²) in [6, 6.07) is 0. The molecule has 0 saturated heterocycles. The molecule has 0 amide bonds. The number of rotatable bonds is 4. The number of nitrogens with two attached hydrogens (primary N) is 1. The van der Waals surface area contributed by atoms with Crippen LogP contribution in [0.1, 0.15) is 0 Å². The molecule has 17 heavy (non-hydrogen) atoms. The summed E-state index contributed by atoms with van der Waals surface area (Å²) in [7, 11) is 0.166. The molecule has 0 radical (unpaired) electrons. The molecule has 2 N–H and O–H groups in total. The number of nitrogens with zero attached hydrogens (tertiary/aromatic N) is 3. The van der Waals surface area contributed by atoms with Crippen LogP contribution in [-0.2, 0) is 26.6 Å². The molecule has 8 nitrogen and oxygen atoms in total. The topological polar surface area (TPSA) is 108 Å². The highest BCUT2D eigenvalue weighted by molar-refractivity contribution is 7.89. The second-order valence-electron chi connectivity index (χ2n) is 3.39. The van der Waals surface area contributed by atoms with E-state index in [4.69, 9.17) is 5.73 Å². The van der Waals surface area contributed by atoms with Gasteiger partial charge in [-0.1, -0.05) is 0 Å². The number of likely N-dealkylation sites (N-methyl/N-ethyl adjacent to an activating group) is 1. The zero-order valence-electron chi connectivity index (χ0n) is 9.74. The molecular formula is C8H14N4O4S. The molecule has 1 aromatic rings. The van der Waals surface area contributed by atoms with Gasteiger partial charge in [-0.05, 0) is 0 Å². The largest absolute Gasteiger partial charge is 0.468 e. The van der Waals surface area contributed by atoms with E-state index < -0.39 is 16.0 Å². The van der Waals surface area contributed by atoms with E-state index >= 15 is 0 Å². The molecule has 0 saturated carbocycles. The fraction of sp³-hybridized carbons (Fsp3) is 0.500. The van der Waals surface area contributed by atoms with Crippen molar-refractivity contribution < 1.29 is 17.9 Å². The van der Waals surface area contributed by atoms with Gasteiger partial charge in [0.25, 0.3) is 0 Å². The minimum absolute atomic E-state index is 0.107. The maximum atomic E-state index is 12.0. The third-order valence-corrected chi connectivity index (χ3v) is 3.91. The highest BCUT2D eigenvalue weighted by Gasteiger charge is 2.27. The summed E-state index contributed by atoms with van der Waals surface area (Å²) in [6.45, 7) is -0.382. The number of hydrogen-bond acceptors (Lipinski definition) is 6. The molecule has 0 fully saturated rings. The van der Waals surface area contributed by atoms with Gasteiger partial charge in [0.2, 0.25) is 10.0 Å². The summed E-state index contributed by atoms with van der Waals surface area (Å²) in [4.78, 5) is 10.9. The van der Waals surface area contributed by atoms with E-state index in [1.807, 2.05) is 0 Å². The molecule has 0 aromatic carbocycles. The van der Waals surface area contributed by atoms with Crippen LogP contribution in [-0.4, -0.2) is 49.2 Å². The average Bonchev–Trinajstić information content (AvgIpc) is 2.58. The van der Waals surface area contributed by atoms with Crippen molar-refractivity contribution in [2.45, 2.75) is 4.90 Å². The summed E-state index contributed by atoms with van der Waals surface area (Å²) >= 11 is 0. The standard InChI is InChI=1S/C8H14N4O4S/c1-11-4-6(8(9)10-11)17(14,15)12(2)5-7(13)16-3/h4H,5H2,1-3H3,(H2,9,10). The number of carbonyl (C=O) groups excluding carboxylic acids is 1. The van der Waals surface area contributed by atoms with E-state index in [0.29, 0.717) is 0 Å². The zero-order chi connectivity index (χ0) is 13.2. The van der Waals surface area contributed by atoms with Gasteiger partial charge >= 0.3 is 5.97 Å². The molecule has 0 unspecified atom stereocenters. The number of methoxy groups -OCH3 is 1. The third kappa shape index (κ3) is 2.74. The van der Waals surface area contributed by atoms with Crippen LogP contribution in [0.5, 0.6) is 0 Å². The Hall–Kier alpha value is -1.61. The van der Waals surface area contributed by atoms with Gasteiger partial charge in [-0.15, -0.1) is 0 Å². The molecule has 1 aromatic heterocycles. The molecule has 0 atom stereocenters. The number of nitrogen functional groups attached to an aromatic ring is 1. The predicted molar refractivity (Wildman–Crippen MR) is 59.5 cm³/mol. The van der Waals surface area contributed by atoms with Crippen LogP contribution in [0.2, 0.25) is 0 Å². The molecule has 0 aliphatic rings. The molecule has 96 valence electrons. The van der Waals surface area contributed by atoms with Crippen molar-refractivity contribution in [1.29, 1.82) is 0 Å². The Kier molecular flexibility index (Phi) is 3.73. The van der Waals surface area contributed by atoms with Crippen molar-refractivity contribution in [2.75, 3.05) is 26.4 Å². The lowest BCUT2D eigenvalue weighted by Gasteiger charge is -2.14. The maximum absolute atomic E-state index is 12.0. The minimum Gasteiger partial charge on any atom is -0.468 e. The van der Waals surface area contributed by atoms with E-state index in [0.717, 1.165) is 4.31 Å². The Morgan fingerprint density at radius 1 is 1.65 bits per heavy atom. The van der Waals surface area contributed by atoms with Crippen molar-refractivity contribution in [3.8, 4) is 0 Å². The number of ether oxygens (including phenoxy) is 1. The minimum atomic E-state index is -3.83. The van der Waals surface area contributed by atoms with Crippen molar-refractivity contribution in [1.82, 2.24) is 14.1 Å². The van der Waals surface area contributed by atoms with Gasteiger partial charge in [0.05, 0.1) is 7.11 Å². The zero-order valence-corrected chi connectivity index (χ0v) is 10.6. The lowest BCUT2D eigenvalue weighted by Crippen LogP contribution is -2.32. The summed E-state index contributed by atoms with van der Waals surface area (Å²) in [6.07, 6.45) is 1.28. The Labute approximate surface area is 99.0 Å². The van der Waals surface area contributed by atoms with Gasteiger partial charge in [0.15, 0.2) is 5.82 Å². The SMILES string of the molecule is COC(=O)CN(C)S(=O)(=O)c1cn(C)nc1N. The Morgan fingerprint density at radius 2 is 2.24 bits per heavy atom. The number of aromatic nitrogens is 2. The van der Waals surface area contributed by atoms with Crippen LogP contribution < -0.4 is 5.73 Å². The van der Waals surface area contributed by atoms with E-state index in [1.165, 1.54) is 25.0 Å². The monoisotopic (exact) mass is 262 g/mol. The molecule has 0 spiro atoms. The smallest absolute Gasteiger partial charge is 0.321 e. The first-order chi connectivity index (χ1) is 7.78. The van der Waals surface area contributed by atoms with E-state index in [-0.39, 0.29) is 17.3 Å². The summed E-state index contributed by atoms with van der Waals surface area (Å²) in [5.74, 6) is -0.761. The fourth-order valence-electron chi connectivity index (χ4n) is 1.18. The van der Waals surface area contributed by atoms with Gasteiger partial charge in [-0.2, -0.15) is 9.40 Å². The molecule has 0 bridgehead atoms. The van der Waals surface area contributed by atoms with Crippen molar-refractivity contribution in [3.05, 3.63) is 6.20 Å². The molecular weight excluding hydrogens is 248 g/mol. The highest BCUT2D eigenvalue weighted by atomic mass is 32.2. The van der Waals surface area contributed by atoms with Gasteiger partial charge in [-0.25, -0.2) is 8.42 Å². The van der Waals surface area contributed by atoms with Crippen molar-refractivity contribution >= 4 is 21.8 Å². The normalized spacial score (nSPS) is 11.8. The number of esters is 1. The third-order valence-electron chi connectivity index (χ3n) is 2.09. The van der Waals surface area contributed by atoms with Crippen molar-refractivity contribution in [3.63, 3.8) is 0 Å². The lowest BCUT2D eigenvalue weighted by atomic mass is 10.6. The Bertz CT molecular complexity index is 522. The van der Waals surface area contributed by atoms with Crippen LogP contribution in [0.4, 0.5) is 5.82 Å². The first-order valence-electron chi connectivity index (χ1n) is 4.61. The molecule has 0 aliphatic heterocycles. The number of aryl methyl sites for hydroxylation is 1.